The predicted octanol–water partition coefficient (Wildman–Crippen LogP) is 3.82. The number of rotatable bonds is 9. The van der Waals surface area contributed by atoms with Crippen LogP contribution in [0.3, 0.4) is 0 Å². The van der Waals surface area contributed by atoms with Gasteiger partial charge in [-0.1, -0.05) is 12.1 Å². The normalized spacial score (nSPS) is 23.5. The molecule has 0 unspecified atom stereocenters. The third-order valence-electron chi connectivity index (χ3n) is 7.25. The number of ether oxygens (including phenoxy) is 2. The fourth-order valence-electron chi connectivity index (χ4n) is 4.69. The van der Waals surface area contributed by atoms with Gasteiger partial charge < -0.3 is 19.5 Å². The lowest BCUT2D eigenvalue weighted by atomic mass is 9.87. The summed E-state index contributed by atoms with van der Waals surface area (Å²) >= 11 is 0. The Hall–Kier alpha value is -3.17. The first kappa shape index (κ1) is 24.9. The minimum Gasteiger partial charge on any atom is -0.489 e. The molecule has 0 radical (unpaired) electrons. The van der Waals surface area contributed by atoms with Gasteiger partial charge in [-0.15, -0.1) is 5.10 Å². The van der Waals surface area contributed by atoms with Gasteiger partial charge >= 0.3 is 12.1 Å². The van der Waals surface area contributed by atoms with E-state index in [2.05, 4.69) is 22.2 Å². The number of hydrogen-bond donors (Lipinski definition) is 1. The summed E-state index contributed by atoms with van der Waals surface area (Å²) < 4.78 is 13.2. The number of aryl methyl sites for hydroxylation is 2. The summed E-state index contributed by atoms with van der Waals surface area (Å²) in [7, 11) is 3.51. The van der Waals surface area contributed by atoms with Crippen molar-refractivity contribution >= 4 is 12.1 Å². The molecule has 0 bridgehead atoms. The number of nitrogens with zero attached hydrogens (tertiary/aromatic N) is 5. The molecular formula is C25H35N5O5. The fraction of sp³-hybridized carbons (Fsp3) is 0.640. The van der Waals surface area contributed by atoms with Crippen molar-refractivity contribution in [1.29, 1.82) is 0 Å². The largest absolute Gasteiger partial charge is 0.489 e. The van der Waals surface area contributed by atoms with Crippen molar-refractivity contribution in [1.82, 2.24) is 24.9 Å². The molecule has 0 aromatic carbocycles. The van der Waals surface area contributed by atoms with E-state index in [0.29, 0.717) is 47.9 Å². The van der Waals surface area contributed by atoms with Crippen molar-refractivity contribution in [3.8, 4) is 17.1 Å². The number of carbonyl (C=O) groups is 2. The van der Waals surface area contributed by atoms with E-state index < -0.39 is 5.97 Å². The highest BCUT2D eigenvalue weighted by atomic mass is 16.6. The van der Waals surface area contributed by atoms with E-state index in [-0.39, 0.29) is 24.7 Å². The summed E-state index contributed by atoms with van der Waals surface area (Å²) in [5.74, 6) is 0.995. The van der Waals surface area contributed by atoms with Crippen LogP contribution in [0.5, 0.6) is 5.75 Å². The maximum absolute atomic E-state index is 12.4. The quantitative estimate of drug-likeness (QED) is 0.569. The number of aliphatic carboxylic acids is 1. The molecule has 2 aliphatic rings. The van der Waals surface area contributed by atoms with E-state index in [9.17, 15) is 14.7 Å². The second kappa shape index (κ2) is 10.6. The van der Waals surface area contributed by atoms with Crippen LogP contribution in [0.15, 0.2) is 12.1 Å². The van der Waals surface area contributed by atoms with Crippen molar-refractivity contribution in [3.05, 3.63) is 23.5 Å². The summed E-state index contributed by atoms with van der Waals surface area (Å²) in [6.45, 7) is 4.81. The van der Waals surface area contributed by atoms with Gasteiger partial charge in [0.1, 0.15) is 23.7 Å². The van der Waals surface area contributed by atoms with Crippen molar-refractivity contribution in [2.75, 3.05) is 13.6 Å². The third kappa shape index (κ3) is 6.10. The van der Waals surface area contributed by atoms with Gasteiger partial charge in [-0.25, -0.2) is 14.5 Å². The smallest absolute Gasteiger partial charge is 0.409 e. The van der Waals surface area contributed by atoms with Crippen LogP contribution < -0.4 is 4.74 Å². The summed E-state index contributed by atoms with van der Waals surface area (Å²) in [5.41, 5.74) is 2.49. The molecule has 2 aromatic heterocycles. The van der Waals surface area contributed by atoms with Crippen molar-refractivity contribution < 1.29 is 24.2 Å². The summed E-state index contributed by atoms with van der Waals surface area (Å²) in [6.07, 6.45) is 4.61. The summed E-state index contributed by atoms with van der Waals surface area (Å²) in [6, 6.07) is 3.64. The highest BCUT2D eigenvalue weighted by molar-refractivity contribution is 5.70. The second-order valence-corrected chi connectivity index (χ2v) is 9.97. The van der Waals surface area contributed by atoms with Crippen LogP contribution >= 0.6 is 0 Å². The number of amides is 1. The van der Waals surface area contributed by atoms with E-state index >= 15 is 0 Å². The molecule has 2 saturated carbocycles. The van der Waals surface area contributed by atoms with Crippen LogP contribution in [0.25, 0.3) is 11.4 Å². The first-order chi connectivity index (χ1) is 16.7. The molecule has 4 rings (SSSR count). The van der Waals surface area contributed by atoms with Crippen molar-refractivity contribution in [2.45, 2.75) is 65.1 Å². The average molecular weight is 486 g/mol. The lowest BCUT2D eigenvalue weighted by Crippen LogP contribution is -2.29. The van der Waals surface area contributed by atoms with E-state index in [4.69, 9.17) is 9.47 Å². The van der Waals surface area contributed by atoms with Crippen LogP contribution in [0.4, 0.5) is 4.79 Å². The van der Waals surface area contributed by atoms with Gasteiger partial charge in [0.05, 0.1) is 23.4 Å². The number of pyridine rings is 1. The van der Waals surface area contributed by atoms with Crippen LogP contribution in [0.2, 0.25) is 0 Å². The Morgan fingerprint density at radius 2 is 2.03 bits per heavy atom. The van der Waals surface area contributed by atoms with Gasteiger partial charge in [0.15, 0.2) is 0 Å². The Kier molecular flexibility index (Phi) is 7.57. The topological polar surface area (TPSA) is 120 Å². The molecule has 2 heterocycles. The Morgan fingerprint density at radius 3 is 2.71 bits per heavy atom. The Morgan fingerprint density at radius 1 is 1.26 bits per heavy atom. The van der Waals surface area contributed by atoms with Crippen LogP contribution in [-0.4, -0.2) is 61.7 Å². The zero-order chi connectivity index (χ0) is 25.1. The zero-order valence-electron chi connectivity index (χ0n) is 20.9. The molecule has 0 saturated heterocycles. The highest BCUT2D eigenvalue weighted by Gasteiger charge is 2.32. The first-order valence-corrected chi connectivity index (χ1v) is 12.4. The molecule has 0 spiro atoms. The van der Waals surface area contributed by atoms with E-state index in [1.807, 2.05) is 13.0 Å². The minimum atomic E-state index is -0.761. The molecule has 4 atom stereocenters. The molecule has 2 aliphatic carbocycles. The average Bonchev–Trinajstić information content (AvgIpc) is 3.42. The highest BCUT2D eigenvalue weighted by Crippen LogP contribution is 2.40. The van der Waals surface area contributed by atoms with E-state index in [1.54, 1.807) is 29.7 Å². The number of carboxylic acids is 1. The molecule has 0 aliphatic heterocycles. The molecule has 1 amide bonds. The lowest BCUT2D eigenvalue weighted by molar-refractivity contribution is -0.143. The third-order valence-corrected chi connectivity index (χ3v) is 7.25. The summed E-state index contributed by atoms with van der Waals surface area (Å²) in [5, 5.41) is 17.7. The maximum atomic E-state index is 12.4. The molecular weight excluding hydrogens is 450 g/mol. The fourth-order valence-corrected chi connectivity index (χ4v) is 4.69. The number of carbonyl (C=O) groups excluding carboxylic acids is 1. The molecule has 2 fully saturated rings. The molecule has 1 N–H and O–H groups in total. The van der Waals surface area contributed by atoms with Gasteiger partial charge in [-0.3, -0.25) is 4.79 Å². The maximum Gasteiger partial charge on any atom is 0.409 e. The Balaban J connectivity index is 1.38. The zero-order valence-corrected chi connectivity index (χ0v) is 20.9. The molecule has 10 nitrogen and oxygen atoms in total. The number of carboxylic acid groups (broad SMARTS) is 1. The van der Waals surface area contributed by atoms with Gasteiger partial charge in [0.25, 0.3) is 0 Å². The summed E-state index contributed by atoms with van der Waals surface area (Å²) in [4.78, 5) is 30.1. The van der Waals surface area contributed by atoms with Gasteiger partial charge in [0, 0.05) is 20.6 Å². The van der Waals surface area contributed by atoms with Crippen molar-refractivity contribution in [2.24, 2.45) is 24.8 Å². The molecule has 190 valence electrons. The minimum absolute atomic E-state index is 0.0411. The Bertz CT molecular complexity index is 1070. The van der Waals surface area contributed by atoms with E-state index in [1.165, 1.54) is 6.42 Å². The predicted molar refractivity (Wildman–Crippen MR) is 128 cm³/mol. The molecule has 35 heavy (non-hydrogen) atoms. The van der Waals surface area contributed by atoms with Crippen LogP contribution in [0.1, 0.15) is 56.8 Å². The molecule has 2 aromatic rings. The van der Waals surface area contributed by atoms with Gasteiger partial charge in [-0.05, 0) is 69.4 Å². The molecule has 10 heteroatoms. The lowest BCUT2D eigenvalue weighted by Gasteiger charge is -2.27. The van der Waals surface area contributed by atoms with Crippen LogP contribution in [-0.2, 0) is 23.2 Å². The number of aromatic nitrogens is 4. The van der Waals surface area contributed by atoms with Gasteiger partial charge in [-0.2, -0.15) is 0 Å². The van der Waals surface area contributed by atoms with E-state index in [0.717, 1.165) is 31.1 Å². The number of hydrogen-bond acceptors (Lipinski definition) is 7. The standard InChI is InChI=1S/C25H35N5O5/c1-15-12-17(15)10-11-29(3)25(33)34-14-21-23(27-28-30(21)4)20-8-9-22(16(2)26-20)35-19-7-5-6-18(13-19)24(31)32/h8-9,15,17-19H,5-7,10-14H2,1-4H3,(H,31,32)/t15-,17-,18-,19-/m0/s1. The monoisotopic (exact) mass is 485 g/mol. The van der Waals surface area contributed by atoms with Crippen molar-refractivity contribution in [3.63, 3.8) is 0 Å². The SMILES string of the molecule is Cc1nc(-c2nnn(C)c2COC(=O)N(C)CC[C@H]2C[C@@H]2C)ccc1O[C@H]1CCC[C@H](C(=O)O)C1. The first-order valence-electron chi connectivity index (χ1n) is 12.4. The second-order valence-electron chi connectivity index (χ2n) is 9.97. The van der Waals surface area contributed by atoms with Gasteiger partial charge in [0.2, 0.25) is 0 Å². The Labute approximate surface area is 205 Å². The van der Waals surface area contributed by atoms with Crippen LogP contribution in [0, 0.1) is 24.7 Å².